The average molecular weight is 281 g/mol. The molecule has 0 spiro atoms. The Labute approximate surface area is 103 Å². The van der Waals surface area contributed by atoms with Crippen LogP contribution in [0.4, 0.5) is 0 Å². The van der Waals surface area contributed by atoms with Crippen molar-refractivity contribution < 1.29 is 0 Å². The van der Waals surface area contributed by atoms with E-state index in [1.54, 1.807) is 12.4 Å². The number of pyridine rings is 1. The van der Waals surface area contributed by atoms with Gasteiger partial charge in [-0.1, -0.05) is 0 Å². The smallest absolute Gasteiger partial charge is 0.0946 e. The van der Waals surface area contributed by atoms with Crippen molar-refractivity contribution in [3.05, 3.63) is 47.2 Å². The summed E-state index contributed by atoms with van der Waals surface area (Å²) >= 11 is 3.40. The minimum absolute atomic E-state index is 0.834. The Hall–Kier alpha value is -1.20. The van der Waals surface area contributed by atoms with Gasteiger partial charge in [0.1, 0.15) is 0 Å². The standard InChI is InChI=1S/C11H13BrN4/c12-11-5-10(7-15-8-11)6-13-1-3-16-4-2-14-9-16/h2,4-5,7-9,13H,1,3,6H2. The highest BCUT2D eigenvalue weighted by molar-refractivity contribution is 9.10. The number of hydrogen-bond donors (Lipinski definition) is 1. The van der Waals surface area contributed by atoms with Crippen LogP contribution in [0.15, 0.2) is 41.7 Å². The molecule has 0 fully saturated rings. The molecule has 2 heterocycles. The molecule has 2 aromatic rings. The Balaban J connectivity index is 1.72. The molecule has 0 amide bonds. The van der Waals surface area contributed by atoms with Gasteiger partial charge in [-0.25, -0.2) is 4.98 Å². The molecule has 0 bridgehead atoms. The van der Waals surface area contributed by atoms with E-state index in [0.29, 0.717) is 0 Å². The summed E-state index contributed by atoms with van der Waals surface area (Å²) in [5.74, 6) is 0. The first-order valence-electron chi connectivity index (χ1n) is 5.10. The normalized spacial score (nSPS) is 10.6. The summed E-state index contributed by atoms with van der Waals surface area (Å²) in [6, 6.07) is 2.07. The summed E-state index contributed by atoms with van der Waals surface area (Å²) in [6.07, 6.45) is 9.23. The van der Waals surface area contributed by atoms with E-state index in [-0.39, 0.29) is 0 Å². The van der Waals surface area contributed by atoms with Crippen LogP contribution in [0.2, 0.25) is 0 Å². The first-order chi connectivity index (χ1) is 7.84. The summed E-state index contributed by atoms with van der Waals surface area (Å²) < 4.78 is 3.06. The van der Waals surface area contributed by atoms with Gasteiger partial charge in [-0.2, -0.15) is 0 Å². The minimum Gasteiger partial charge on any atom is -0.336 e. The van der Waals surface area contributed by atoms with Crippen LogP contribution in [0.5, 0.6) is 0 Å². The molecule has 0 aliphatic heterocycles. The third-order valence-corrected chi connectivity index (χ3v) is 2.63. The molecular formula is C11H13BrN4. The van der Waals surface area contributed by atoms with E-state index < -0.39 is 0 Å². The van der Waals surface area contributed by atoms with Crippen molar-refractivity contribution in [1.29, 1.82) is 0 Å². The maximum Gasteiger partial charge on any atom is 0.0946 e. The topological polar surface area (TPSA) is 42.7 Å². The molecule has 0 aliphatic carbocycles. The van der Waals surface area contributed by atoms with E-state index in [1.807, 2.05) is 23.3 Å². The molecule has 16 heavy (non-hydrogen) atoms. The summed E-state index contributed by atoms with van der Waals surface area (Å²) in [7, 11) is 0. The van der Waals surface area contributed by atoms with Gasteiger partial charge in [-0.15, -0.1) is 0 Å². The fraction of sp³-hybridized carbons (Fsp3) is 0.273. The van der Waals surface area contributed by atoms with Gasteiger partial charge in [0, 0.05) is 48.9 Å². The Bertz CT molecular complexity index is 427. The van der Waals surface area contributed by atoms with E-state index in [4.69, 9.17) is 0 Å². The molecule has 2 rings (SSSR count). The van der Waals surface area contributed by atoms with E-state index >= 15 is 0 Å². The molecule has 0 aromatic carbocycles. The van der Waals surface area contributed by atoms with E-state index in [9.17, 15) is 0 Å². The zero-order chi connectivity index (χ0) is 11.2. The highest BCUT2D eigenvalue weighted by Gasteiger charge is 1.94. The molecule has 1 N–H and O–H groups in total. The summed E-state index contributed by atoms with van der Waals surface area (Å²) in [6.45, 7) is 2.69. The number of nitrogens with zero attached hydrogens (tertiary/aromatic N) is 3. The predicted octanol–water partition coefficient (Wildman–Crippen LogP) is 1.83. The van der Waals surface area contributed by atoms with Gasteiger partial charge in [0.2, 0.25) is 0 Å². The maximum atomic E-state index is 4.11. The van der Waals surface area contributed by atoms with E-state index in [1.165, 1.54) is 5.56 Å². The highest BCUT2D eigenvalue weighted by atomic mass is 79.9. The van der Waals surface area contributed by atoms with E-state index in [0.717, 1.165) is 24.1 Å². The highest BCUT2D eigenvalue weighted by Crippen LogP contribution is 2.08. The Kier molecular flexibility index (Phi) is 4.07. The van der Waals surface area contributed by atoms with Crippen LogP contribution in [0, 0.1) is 0 Å². The molecule has 84 valence electrons. The second kappa shape index (κ2) is 5.77. The molecule has 4 nitrogen and oxygen atoms in total. The van der Waals surface area contributed by atoms with Crippen LogP contribution in [0.3, 0.4) is 0 Å². The number of halogens is 1. The largest absolute Gasteiger partial charge is 0.336 e. The fourth-order valence-corrected chi connectivity index (χ4v) is 1.82. The molecule has 0 atom stereocenters. The zero-order valence-electron chi connectivity index (χ0n) is 8.81. The van der Waals surface area contributed by atoms with Gasteiger partial charge in [0.05, 0.1) is 6.33 Å². The van der Waals surface area contributed by atoms with Crippen molar-refractivity contribution in [2.45, 2.75) is 13.1 Å². The number of imidazole rings is 1. The molecule has 2 aromatic heterocycles. The van der Waals surface area contributed by atoms with Crippen molar-refractivity contribution >= 4 is 15.9 Å². The van der Waals surface area contributed by atoms with Crippen molar-refractivity contribution in [1.82, 2.24) is 19.9 Å². The molecule has 0 unspecified atom stereocenters. The Morgan fingerprint density at radius 3 is 3.00 bits per heavy atom. The van der Waals surface area contributed by atoms with Gasteiger partial charge in [0.25, 0.3) is 0 Å². The lowest BCUT2D eigenvalue weighted by atomic mass is 10.3. The Morgan fingerprint density at radius 2 is 2.25 bits per heavy atom. The number of nitrogens with one attached hydrogen (secondary N) is 1. The number of rotatable bonds is 5. The van der Waals surface area contributed by atoms with Crippen molar-refractivity contribution in [3.8, 4) is 0 Å². The maximum absolute atomic E-state index is 4.11. The lowest BCUT2D eigenvalue weighted by molar-refractivity contribution is 0.596. The molecule has 0 radical (unpaired) electrons. The van der Waals surface area contributed by atoms with Gasteiger partial charge in [-0.05, 0) is 27.6 Å². The lowest BCUT2D eigenvalue weighted by Crippen LogP contribution is -2.19. The van der Waals surface area contributed by atoms with Crippen LogP contribution >= 0.6 is 15.9 Å². The van der Waals surface area contributed by atoms with Crippen LogP contribution in [0.1, 0.15) is 5.56 Å². The molecule has 5 heteroatoms. The first kappa shape index (κ1) is 11.3. The lowest BCUT2D eigenvalue weighted by Gasteiger charge is -2.05. The molecule has 0 saturated heterocycles. The quantitative estimate of drug-likeness (QED) is 0.850. The zero-order valence-corrected chi connectivity index (χ0v) is 10.4. The van der Waals surface area contributed by atoms with Crippen molar-refractivity contribution in [2.24, 2.45) is 0 Å². The minimum atomic E-state index is 0.834. The van der Waals surface area contributed by atoms with Gasteiger partial charge in [0.15, 0.2) is 0 Å². The number of aromatic nitrogens is 3. The van der Waals surface area contributed by atoms with Crippen molar-refractivity contribution in [3.63, 3.8) is 0 Å². The molecular weight excluding hydrogens is 268 g/mol. The van der Waals surface area contributed by atoms with E-state index in [2.05, 4.69) is 37.3 Å². The monoisotopic (exact) mass is 280 g/mol. The Morgan fingerprint density at radius 1 is 1.31 bits per heavy atom. The molecule has 0 aliphatic rings. The summed E-state index contributed by atoms with van der Waals surface area (Å²) in [5, 5.41) is 3.36. The van der Waals surface area contributed by atoms with Crippen LogP contribution in [-0.2, 0) is 13.1 Å². The third kappa shape index (κ3) is 3.43. The van der Waals surface area contributed by atoms with Crippen LogP contribution in [-0.4, -0.2) is 21.1 Å². The van der Waals surface area contributed by atoms with Crippen molar-refractivity contribution in [2.75, 3.05) is 6.54 Å². The molecule has 0 saturated carbocycles. The fourth-order valence-electron chi connectivity index (χ4n) is 1.41. The summed E-state index contributed by atoms with van der Waals surface area (Å²) in [4.78, 5) is 8.10. The second-order valence-corrected chi connectivity index (χ2v) is 4.40. The SMILES string of the molecule is Brc1cncc(CNCCn2ccnc2)c1. The first-order valence-corrected chi connectivity index (χ1v) is 5.90. The average Bonchev–Trinajstić information content (AvgIpc) is 2.77. The van der Waals surface area contributed by atoms with Gasteiger partial charge in [-0.3, -0.25) is 4.98 Å². The summed E-state index contributed by atoms with van der Waals surface area (Å²) in [5.41, 5.74) is 1.18. The van der Waals surface area contributed by atoms with Crippen LogP contribution < -0.4 is 5.32 Å². The van der Waals surface area contributed by atoms with Gasteiger partial charge >= 0.3 is 0 Å². The third-order valence-electron chi connectivity index (χ3n) is 2.20. The number of hydrogen-bond acceptors (Lipinski definition) is 3. The second-order valence-electron chi connectivity index (χ2n) is 3.49. The van der Waals surface area contributed by atoms with Crippen LogP contribution in [0.25, 0.3) is 0 Å². The predicted molar refractivity (Wildman–Crippen MR) is 65.9 cm³/mol. The van der Waals surface area contributed by atoms with Gasteiger partial charge < -0.3 is 9.88 Å².